The SMILES string of the molecule is Cc1ccc(C2CC(c3ccccc3-c3ccc(F)cc3F)=NN2C(=O)C(F)(F)CC(=O)O)cc1. The molecule has 1 heterocycles. The fourth-order valence-electron chi connectivity index (χ4n) is 4.02. The summed E-state index contributed by atoms with van der Waals surface area (Å²) >= 11 is 0. The van der Waals surface area contributed by atoms with E-state index in [-0.39, 0.29) is 17.7 Å². The summed E-state index contributed by atoms with van der Waals surface area (Å²) < 4.78 is 57.0. The number of rotatable bonds is 6. The van der Waals surface area contributed by atoms with E-state index < -0.39 is 41.9 Å². The fraction of sp³-hybridized carbons (Fsp3) is 0.192. The molecule has 35 heavy (non-hydrogen) atoms. The molecule has 0 saturated carbocycles. The maximum absolute atomic E-state index is 14.6. The summed E-state index contributed by atoms with van der Waals surface area (Å²) in [6.07, 6.45) is -1.65. The Bertz CT molecular complexity index is 1320. The molecule has 0 radical (unpaired) electrons. The molecule has 0 fully saturated rings. The zero-order valence-electron chi connectivity index (χ0n) is 18.5. The van der Waals surface area contributed by atoms with Crippen LogP contribution >= 0.6 is 0 Å². The lowest BCUT2D eigenvalue weighted by Crippen LogP contribution is -2.42. The van der Waals surface area contributed by atoms with Gasteiger partial charge in [-0.2, -0.15) is 13.9 Å². The monoisotopic (exact) mass is 484 g/mol. The standard InChI is InChI=1S/C26H20F4N2O3/c1-15-6-8-16(9-7-15)23-13-22(31-32(23)25(35)26(29,30)14-24(33)34)20-5-3-2-4-18(20)19-11-10-17(27)12-21(19)28/h2-12,23H,13-14H2,1H3,(H,33,34). The molecule has 1 N–H and O–H groups in total. The van der Waals surface area contributed by atoms with Gasteiger partial charge in [0, 0.05) is 23.6 Å². The molecular weight excluding hydrogens is 464 g/mol. The molecule has 4 rings (SSSR count). The van der Waals surface area contributed by atoms with E-state index in [0.717, 1.165) is 17.7 Å². The zero-order chi connectivity index (χ0) is 25.3. The van der Waals surface area contributed by atoms with Crippen molar-refractivity contribution in [3.05, 3.63) is 95.1 Å². The van der Waals surface area contributed by atoms with Crippen LogP contribution in [-0.2, 0) is 9.59 Å². The Hall–Kier alpha value is -4.01. The third-order valence-corrected chi connectivity index (χ3v) is 5.73. The smallest absolute Gasteiger partial charge is 0.337 e. The second-order valence-electron chi connectivity index (χ2n) is 8.27. The number of carboxylic acid groups (broad SMARTS) is 1. The van der Waals surface area contributed by atoms with Gasteiger partial charge in [0.25, 0.3) is 0 Å². The van der Waals surface area contributed by atoms with Crippen molar-refractivity contribution >= 4 is 17.6 Å². The summed E-state index contributed by atoms with van der Waals surface area (Å²) in [5, 5.41) is 13.6. The van der Waals surface area contributed by atoms with Gasteiger partial charge in [-0.05, 0) is 30.2 Å². The lowest BCUT2D eigenvalue weighted by Gasteiger charge is -2.25. The summed E-state index contributed by atoms with van der Waals surface area (Å²) in [6.45, 7) is 1.85. The van der Waals surface area contributed by atoms with Crippen molar-refractivity contribution < 1.29 is 32.3 Å². The number of carbonyl (C=O) groups excluding carboxylic acids is 1. The van der Waals surface area contributed by atoms with Gasteiger partial charge in [0.1, 0.15) is 18.1 Å². The minimum absolute atomic E-state index is 0.0256. The maximum Gasteiger partial charge on any atom is 0.337 e. The number of aryl methyl sites for hydroxylation is 1. The molecule has 1 atom stereocenters. The van der Waals surface area contributed by atoms with Crippen LogP contribution in [0.4, 0.5) is 17.6 Å². The second-order valence-corrected chi connectivity index (χ2v) is 8.27. The predicted molar refractivity (Wildman–Crippen MR) is 121 cm³/mol. The molecule has 0 aromatic heterocycles. The molecule has 3 aromatic carbocycles. The van der Waals surface area contributed by atoms with E-state index in [0.29, 0.717) is 21.7 Å². The van der Waals surface area contributed by atoms with Crippen molar-refractivity contribution in [3.8, 4) is 11.1 Å². The summed E-state index contributed by atoms with van der Waals surface area (Å²) in [4.78, 5) is 23.7. The van der Waals surface area contributed by atoms with Crippen molar-refractivity contribution in [1.29, 1.82) is 0 Å². The number of benzene rings is 3. The van der Waals surface area contributed by atoms with Gasteiger partial charge in [-0.3, -0.25) is 9.59 Å². The number of nitrogens with zero attached hydrogens (tertiary/aromatic N) is 2. The molecule has 1 unspecified atom stereocenters. The molecule has 0 bridgehead atoms. The summed E-state index contributed by atoms with van der Waals surface area (Å²) in [7, 11) is 0. The summed E-state index contributed by atoms with van der Waals surface area (Å²) in [5.41, 5.74) is 2.48. The number of carbonyl (C=O) groups is 2. The van der Waals surface area contributed by atoms with Crippen LogP contribution < -0.4 is 0 Å². The minimum atomic E-state index is -4.18. The van der Waals surface area contributed by atoms with E-state index in [4.69, 9.17) is 5.11 Å². The van der Waals surface area contributed by atoms with E-state index in [1.807, 2.05) is 6.92 Å². The van der Waals surface area contributed by atoms with Crippen molar-refractivity contribution in [3.63, 3.8) is 0 Å². The average Bonchev–Trinajstić information content (AvgIpc) is 3.23. The van der Waals surface area contributed by atoms with Crippen LogP contribution in [0.15, 0.2) is 71.8 Å². The van der Waals surface area contributed by atoms with Crippen LogP contribution in [0.3, 0.4) is 0 Å². The van der Waals surface area contributed by atoms with Gasteiger partial charge < -0.3 is 5.11 Å². The highest BCUT2D eigenvalue weighted by Gasteiger charge is 2.48. The largest absolute Gasteiger partial charge is 0.481 e. The molecule has 3 aromatic rings. The van der Waals surface area contributed by atoms with Crippen LogP contribution in [0, 0.1) is 18.6 Å². The van der Waals surface area contributed by atoms with Crippen LogP contribution in [0.1, 0.15) is 35.6 Å². The number of hydrazone groups is 1. The first-order valence-corrected chi connectivity index (χ1v) is 10.7. The van der Waals surface area contributed by atoms with Gasteiger partial charge in [0.15, 0.2) is 0 Å². The second kappa shape index (κ2) is 9.32. The number of hydrogen-bond acceptors (Lipinski definition) is 3. The number of amides is 1. The van der Waals surface area contributed by atoms with E-state index in [9.17, 15) is 27.2 Å². The average molecular weight is 484 g/mol. The molecular formula is C26H20F4N2O3. The molecule has 1 aliphatic heterocycles. The van der Waals surface area contributed by atoms with E-state index in [1.54, 1.807) is 48.5 Å². The first kappa shape index (κ1) is 24.1. The van der Waals surface area contributed by atoms with Crippen molar-refractivity contribution in [1.82, 2.24) is 5.01 Å². The summed E-state index contributed by atoms with van der Waals surface area (Å²) in [6, 6.07) is 15.5. The number of carboxylic acids is 1. The van der Waals surface area contributed by atoms with Gasteiger partial charge in [0.05, 0.1) is 11.8 Å². The quantitative estimate of drug-likeness (QED) is 0.455. The molecule has 9 heteroatoms. The Morgan fingerprint density at radius 1 is 1.00 bits per heavy atom. The number of alkyl halides is 2. The third-order valence-electron chi connectivity index (χ3n) is 5.73. The van der Waals surface area contributed by atoms with Gasteiger partial charge in [-0.1, -0.05) is 54.1 Å². The van der Waals surface area contributed by atoms with Crippen LogP contribution in [0.2, 0.25) is 0 Å². The lowest BCUT2D eigenvalue weighted by atomic mass is 9.92. The van der Waals surface area contributed by atoms with Crippen molar-refractivity contribution in [2.45, 2.75) is 31.7 Å². The first-order chi connectivity index (χ1) is 16.6. The Kier molecular flexibility index (Phi) is 6.43. The van der Waals surface area contributed by atoms with E-state index in [1.165, 1.54) is 6.07 Å². The number of aliphatic carboxylic acids is 1. The molecule has 0 spiro atoms. The summed E-state index contributed by atoms with van der Waals surface area (Å²) in [5.74, 6) is -9.32. The zero-order valence-corrected chi connectivity index (χ0v) is 18.5. The van der Waals surface area contributed by atoms with Crippen molar-refractivity contribution in [2.75, 3.05) is 0 Å². The van der Waals surface area contributed by atoms with Crippen LogP contribution in [0.5, 0.6) is 0 Å². The highest BCUT2D eigenvalue weighted by Crippen LogP contribution is 2.38. The van der Waals surface area contributed by atoms with Crippen molar-refractivity contribution in [2.24, 2.45) is 5.10 Å². The van der Waals surface area contributed by atoms with E-state index in [2.05, 4.69) is 5.10 Å². The Morgan fingerprint density at radius 3 is 2.29 bits per heavy atom. The number of hydrogen-bond donors (Lipinski definition) is 1. The topological polar surface area (TPSA) is 70.0 Å². The molecule has 0 aliphatic carbocycles. The Balaban J connectivity index is 1.80. The fourth-order valence-corrected chi connectivity index (χ4v) is 4.02. The Morgan fingerprint density at radius 2 is 1.66 bits per heavy atom. The Labute approximate surface area is 198 Å². The maximum atomic E-state index is 14.6. The number of halogens is 4. The first-order valence-electron chi connectivity index (χ1n) is 10.7. The predicted octanol–water partition coefficient (Wildman–Crippen LogP) is 5.73. The molecule has 1 aliphatic rings. The van der Waals surface area contributed by atoms with Gasteiger partial charge in [0.2, 0.25) is 0 Å². The van der Waals surface area contributed by atoms with Gasteiger partial charge >= 0.3 is 17.8 Å². The van der Waals surface area contributed by atoms with E-state index >= 15 is 0 Å². The third kappa shape index (κ3) is 4.94. The highest BCUT2D eigenvalue weighted by atomic mass is 19.3. The lowest BCUT2D eigenvalue weighted by molar-refractivity contribution is -0.167. The normalized spacial score (nSPS) is 15.7. The molecule has 180 valence electrons. The van der Waals surface area contributed by atoms with Crippen LogP contribution in [-0.4, -0.2) is 33.6 Å². The molecule has 0 saturated heterocycles. The highest BCUT2D eigenvalue weighted by molar-refractivity contribution is 6.08. The van der Waals surface area contributed by atoms with Gasteiger partial charge in [-0.15, -0.1) is 0 Å². The van der Waals surface area contributed by atoms with Crippen LogP contribution in [0.25, 0.3) is 11.1 Å². The minimum Gasteiger partial charge on any atom is -0.481 e. The molecule has 5 nitrogen and oxygen atoms in total. The molecule has 1 amide bonds. The van der Waals surface area contributed by atoms with Gasteiger partial charge in [-0.25, -0.2) is 13.8 Å².